The van der Waals surface area contributed by atoms with Gasteiger partial charge in [0.25, 0.3) is 0 Å². The molecule has 0 amide bonds. The topological polar surface area (TPSA) is 80.7 Å². The number of aliphatic hydroxyl groups is 1. The van der Waals surface area contributed by atoms with Gasteiger partial charge in [-0.25, -0.2) is 0 Å². The molecule has 206 valence electrons. The van der Waals surface area contributed by atoms with Gasteiger partial charge in [0.2, 0.25) is 0 Å². The van der Waals surface area contributed by atoms with E-state index in [1.165, 1.54) is 12.5 Å². The fraction of sp³-hybridized carbons (Fsp3) is 0.844. The van der Waals surface area contributed by atoms with Gasteiger partial charge in [-0.05, 0) is 84.4 Å². The van der Waals surface area contributed by atoms with Crippen LogP contribution in [0.3, 0.4) is 0 Å². The molecular formula is C32H48O5. The third kappa shape index (κ3) is 3.22. The van der Waals surface area contributed by atoms with Gasteiger partial charge in [-0.2, -0.15) is 0 Å². The van der Waals surface area contributed by atoms with Crippen LogP contribution in [0.5, 0.6) is 0 Å². The molecule has 5 rings (SSSR count). The average molecular weight is 513 g/mol. The summed E-state index contributed by atoms with van der Waals surface area (Å²) in [6.07, 6.45) is 8.01. The Kier molecular flexibility index (Phi) is 6.05. The zero-order valence-electron chi connectivity index (χ0n) is 24.2. The molecule has 5 aliphatic carbocycles. The normalized spacial score (nSPS) is 52.5. The number of allylic oxidation sites excluding steroid dienone is 2. The molecule has 5 heteroatoms. The minimum absolute atomic E-state index is 0.0517. The molecule has 0 spiro atoms. The highest BCUT2D eigenvalue weighted by atomic mass is 16.6. The maximum absolute atomic E-state index is 13.0. The van der Waals surface area contributed by atoms with Crippen LogP contribution in [-0.4, -0.2) is 35.4 Å². The van der Waals surface area contributed by atoms with Crippen LogP contribution in [0.2, 0.25) is 0 Å². The fourth-order valence-electron chi connectivity index (χ4n) is 11.0. The lowest BCUT2D eigenvalue weighted by molar-refractivity contribution is -0.213. The van der Waals surface area contributed by atoms with Crippen LogP contribution in [0.4, 0.5) is 0 Å². The number of hydrogen-bond acceptors (Lipinski definition) is 5. The maximum Gasteiger partial charge on any atom is 0.303 e. The lowest BCUT2D eigenvalue weighted by atomic mass is 9.33. The van der Waals surface area contributed by atoms with Gasteiger partial charge in [-0.3, -0.25) is 9.59 Å². The van der Waals surface area contributed by atoms with Crippen molar-refractivity contribution < 1.29 is 24.2 Å². The number of ketones is 1. The number of aliphatic hydroxyl groups excluding tert-OH is 1. The van der Waals surface area contributed by atoms with Gasteiger partial charge in [0.05, 0.1) is 5.41 Å². The summed E-state index contributed by atoms with van der Waals surface area (Å²) in [4.78, 5) is 37.8. The quantitative estimate of drug-likeness (QED) is 0.282. The molecule has 0 bridgehead atoms. The second-order valence-corrected chi connectivity index (χ2v) is 14.9. The summed E-state index contributed by atoms with van der Waals surface area (Å²) in [5.74, 6) is 0.884. The Hall–Kier alpha value is -1.49. The Balaban J connectivity index is 1.60. The monoisotopic (exact) mass is 512 g/mol. The number of fused-ring (bicyclic) bond motifs is 7. The molecule has 0 aromatic rings. The highest BCUT2D eigenvalue weighted by molar-refractivity contribution is 5.85. The van der Waals surface area contributed by atoms with Gasteiger partial charge in [0.1, 0.15) is 24.3 Å². The van der Waals surface area contributed by atoms with Crippen LogP contribution in [0.25, 0.3) is 0 Å². The summed E-state index contributed by atoms with van der Waals surface area (Å²) in [7, 11) is 0. The first-order chi connectivity index (χ1) is 17.1. The minimum atomic E-state index is -1.00. The molecule has 0 aliphatic heterocycles. The van der Waals surface area contributed by atoms with Gasteiger partial charge >= 0.3 is 5.97 Å². The Bertz CT molecular complexity index is 1040. The maximum atomic E-state index is 13.0. The Morgan fingerprint density at radius 1 is 1.03 bits per heavy atom. The molecular weight excluding hydrogens is 464 g/mol. The molecule has 0 aromatic heterocycles. The third-order valence-electron chi connectivity index (χ3n) is 13.5. The fourth-order valence-corrected chi connectivity index (χ4v) is 11.0. The molecule has 0 radical (unpaired) electrons. The molecule has 37 heavy (non-hydrogen) atoms. The molecule has 1 N–H and O–H groups in total. The van der Waals surface area contributed by atoms with E-state index in [9.17, 15) is 19.5 Å². The van der Waals surface area contributed by atoms with E-state index in [0.717, 1.165) is 38.4 Å². The highest BCUT2D eigenvalue weighted by Crippen LogP contribution is 2.75. The van der Waals surface area contributed by atoms with Gasteiger partial charge in [-0.1, -0.05) is 60.1 Å². The van der Waals surface area contributed by atoms with E-state index in [-0.39, 0.29) is 39.4 Å². The van der Waals surface area contributed by atoms with E-state index < -0.39 is 23.6 Å². The molecule has 11 atom stereocenters. The smallest absolute Gasteiger partial charge is 0.303 e. The van der Waals surface area contributed by atoms with Crippen molar-refractivity contribution in [1.29, 1.82) is 0 Å². The molecule has 0 unspecified atom stereocenters. The van der Waals surface area contributed by atoms with E-state index in [2.05, 4.69) is 54.5 Å². The van der Waals surface area contributed by atoms with Crippen molar-refractivity contribution in [1.82, 2.24) is 0 Å². The lowest BCUT2D eigenvalue weighted by Crippen LogP contribution is -2.68. The highest BCUT2D eigenvalue weighted by Gasteiger charge is 2.70. The zero-order chi connectivity index (χ0) is 27.3. The number of ether oxygens (including phenoxy) is 1. The van der Waals surface area contributed by atoms with Crippen molar-refractivity contribution in [3.63, 3.8) is 0 Å². The van der Waals surface area contributed by atoms with Crippen molar-refractivity contribution in [2.24, 2.45) is 56.7 Å². The average Bonchev–Trinajstić information content (AvgIpc) is 2.83. The van der Waals surface area contributed by atoms with Crippen LogP contribution in [0, 0.1) is 56.7 Å². The molecule has 0 aromatic carbocycles. The number of carbonyl (C=O) groups excluding carboxylic acids is 3. The van der Waals surface area contributed by atoms with Crippen molar-refractivity contribution >= 4 is 18.0 Å². The molecule has 0 heterocycles. The second-order valence-electron chi connectivity index (χ2n) is 14.9. The number of Topliss-reactive ketones (excluding diaryl/α,β-unsaturated/α-hetero) is 1. The molecule has 4 saturated carbocycles. The van der Waals surface area contributed by atoms with Crippen LogP contribution in [0.15, 0.2) is 11.6 Å². The Morgan fingerprint density at radius 2 is 1.70 bits per heavy atom. The van der Waals surface area contributed by atoms with Crippen molar-refractivity contribution in [3.8, 4) is 0 Å². The first-order valence-electron chi connectivity index (χ1n) is 14.7. The van der Waals surface area contributed by atoms with Gasteiger partial charge in [0.15, 0.2) is 0 Å². The lowest BCUT2D eigenvalue weighted by Gasteiger charge is -2.71. The van der Waals surface area contributed by atoms with Gasteiger partial charge in [0, 0.05) is 18.8 Å². The summed E-state index contributed by atoms with van der Waals surface area (Å²) in [6, 6.07) is 0. The standard InChI is InChI=1S/C32H48O5/c1-18-19(2)26(37-20(3)34)27(36)32(17-33)16-15-30(7)21(25(18)32)9-10-23-29(6)13-12-24(35)28(4,5)22(29)11-14-31(23,30)8/h9,17-19,22-23,25-27,36H,10-16H2,1-8H3/t18-,19-,22-,23+,25-,26+,27+,29-,30+,31+,32-/m0/s1. The number of rotatable bonds is 2. The van der Waals surface area contributed by atoms with Gasteiger partial charge in [-0.15, -0.1) is 0 Å². The van der Waals surface area contributed by atoms with E-state index in [1.54, 1.807) is 0 Å². The molecule has 5 nitrogen and oxygen atoms in total. The largest absolute Gasteiger partial charge is 0.459 e. The molecule has 5 aliphatic rings. The van der Waals surface area contributed by atoms with Gasteiger partial charge < -0.3 is 14.6 Å². The van der Waals surface area contributed by atoms with Crippen molar-refractivity contribution in [3.05, 3.63) is 11.6 Å². The number of esters is 1. The van der Waals surface area contributed by atoms with E-state index in [0.29, 0.717) is 30.5 Å². The predicted octanol–water partition coefficient (Wildman–Crippen LogP) is 5.92. The summed E-state index contributed by atoms with van der Waals surface area (Å²) in [5.41, 5.74) is 0.253. The SMILES string of the molecule is CC(=O)O[C@@H]1[C@@H](C)[C@H](C)[C@H]2C3=CC[C@@H]4[C@@]5(C)CCC(=O)C(C)(C)[C@@H]5CC[C@@]4(C)[C@]3(C)CC[C@@]2(C=O)[C@@H]1O. The summed E-state index contributed by atoms with van der Waals surface area (Å²) < 4.78 is 5.63. The first kappa shape index (κ1) is 27.1. The van der Waals surface area contributed by atoms with E-state index in [1.807, 2.05) is 0 Å². The number of hydrogen-bond donors (Lipinski definition) is 1. The number of aldehydes is 1. The van der Waals surface area contributed by atoms with Crippen LogP contribution >= 0.6 is 0 Å². The second kappa shape index (κ2) is 8.26. The minimum Gasteiger partial charge on any atom is -0.459 e. The van der Waals surface area contributed by atoms with Crippen LogP contribution < -0.4 is 0 Å². The molecule has 0 saturated heterocycles. The van der Waals surface area contributed by atoms with E-state index >= 15 is 0 Å². The van der Waals surface area contributed by atoms with Crippen LogP contribution in [-0.2, 0) is 19.1 Å². The van der Waals surface area contributed by atoms with E-state index in [4.69, 9.17) is 4.74 Å². The summed E-state index contributed by atoms with van der Waals surface area (Å²) in [5, 5.41) is 11.6. The predicted molar refractivity (Wildman–Crippen MR) is 142 cm³/mol. The third-order valence-corrected chi connectivity index (χ3v) is 13.5. The van der Waals surface area contributed by atoms with Crippen LogP contribution in [0.1, 0.15) is 100 Å². The van der Waals surface area contributed by atoms with Crippen molar-refractivity contribution in [2.75, 3.05) is 0 Å². The molecule has 4 fully saturated rings. The summed E-state index contributed by atoms with van der Waals surface area (Å²) >= 11 is 0. The Morgan fingerprint density at radius 3 is 2.32 bits per heavy atom. The Labute approximate surface area is 223 Å². The van der Waals surface area contributed by atoms with Crippen molar-refractivity contribution in [2.45, 2.75) is 113 Å². The summed E-state index contributed by atoms with van der Waals surface area (Å²) in [6.45, 7) is 17.4. The number of carbonyl (C=O) groups is 3. The zero-order valence-corrected chi connectivity index (χ0v) is 24.2. The first-order valence-corrected chi connectivity index (χ1v) is 14.7.